The van der Waals surface area contributed by atoms with Gasteiger partial charge in [-0.05, 0) is 37.1 Å². The molecule has 2 heterocycles. The molecule has 0 aliphatic carbocycles. The number of aromatic nitrogens is 1. The van der Waals surface area contributed by atoms with Crippen molar-refractivity contribution in [3.8, 4) is 0 Å². The zero-order valence-corrected chi connectivity index (χ0v) is 13.1. The average molecular weight is 333 g/mol. The van der Waals surface area contributed by atoms with E-state index in [1.165, 1.54) is 6.07 Å². The quantitative estimate of drug-likeness (QED) is 0.903. The number of nitrogens with zero attached hydrogens (tertiary/aromatic N) is 1. The molecular weight excluding hydrogens is 316 g/mol. The minimum atomic E-state index is -1.01. The van der Waals surface area contributed by atoms with Crippen molar-refractivity contribution >= 4 is 11.6 Å². The predicted octanol–water partition coefficient (Wildman–Crippen LogP) is 2.04. The highest BCUT2D eigenvalue weighted by atomic mass is 19.2. The molecule has 2 N–H and O–H groups in total. The molecule has 7 heteroatoms. The summed E-state index contributed by atoms with van der Waals surface area (Å²) in [5.74, 6) is -2.32. The molecule has 1 aromatic heterocycles. The maximum Gasteiger partial charge on any atom is 0.252 e. The zero-order valence-electron chi connectivity index (χ0n) is 13.1. The number of carbonyl (C=O) groups excluding carboxylic acids is 1. The molecule has 24 heavy (non-hydrogen) atoms. The van der Waals surface area contributed by atoms with Crippen molar-refractivity contribution < 1.29 is 13.6 Å². The lowest BCUT2D eigenvalue weighted by atomic mass is 10.0. The Morgan fingerprint density at radius 3 is 2.83 bits per heavy atom. The molecule has 0 bridgehead atoms. The number of H-pyrrole nitrogens is 1. The molecule has 0 fully saturated rings. The Balaban J connectivity index is 1.71. The van der Waals surface area contributed by atoms with Crippen LogP contribution in [0.3, 0.4) is 0 Å². The highest BCUT2D eigenvalue weighted by molar-refractivity contribution is 5.94. The monoisotopic (exact) mass is 333 g/mol. The molecule has 126 valence electrons. The molecule has 1 aromatic carbocycles. The van der Waals surface area contributed by atoms with Crippen LogP contribution >= 0.6 is 0 Å². The number of hydrogen-bond donors (Lipinski definition) is 2. The summed E-state index contributed by atoms with van der Waals surface area (Å²) in [5, 5.41) is 2.57. The number of amides is 1. The Hall–Kier alpha value is -2.54. The Morgan fingerprint density at radius 2 is 2.08 bits per heavy atom. The Labute approximate surface area is 137 Å². The number of fused-ring (bicyclic) bond motifs is 1. The van der Waals surface area contributed by atoms with Gasteiger partial charge >= 0.3 is 0 Å². The maximum absolute atomic E-state index is 13.2. The van der Waals surface area contributed by atoms with E-state index in [9.17, 15) is 18.4 Å². The van der Waals surface area contributed by atoms with Crippen molar-refractivity contribution in [3.05, 3.63) is 63.6 Å². The van der Waals surface area contributed by atoms with E-state index >= 15 is 0 Å². The fourth-order valence-electron chi connectivity index (χ4n) is 2.82. The average Bonchev–Trinajstić information content (AvgIpc) is 2.57. The third kappa shape index (κ3) is 3.21. The van der Waals surface area contributed by atoms with Gasteiger partial charge in [0.25, 0.3) is 5.56 Å². The highest BCUT2D eigenvalue weighted by Gasteiger charge is 2.26. The minimum absolute atomic E-state index is 0.148. The lowest BCUT2D eigenvalue weighted by molar-refractivity contribution is -0.121. The van der Waals surface area contributed by atoms with Crippen LogP contribution in [-0.4, -0.2) is 28.4 Å². The van der Waals surface area contributed by atoms with Crippen LogP contribution < -0.4 is 10.9 Å². The summed E-state index contributed by atoms with van der Waals surface area (Å²) in [6, 6.07) is 4.58. The van der Waals surface area contributed by atoms with Crippen LogP contribution in [0, 0.1) is 11.6 Å². The van der Waals surface area contributed by atoms with Gasteiger partial charge in [0.2, 0.25) is 5.91 Å². The second kappa shape index (κ2) is 6.52. The van der Waals surface area contributed by atoms with Crippen molar-refractivity contribution in [1.82, 2.24) is 9.88 Å². The number of halogens is 2. The van der Waals surface area contributed by atoms with Crippen LogP contribution in [0.4, 0.5) is 14.5 Å². The van der Waals surface area contributed by atoms with Gasteiger partial charge in [0.15, 0.2) is 11.6 Å². The van der Waals surface area contributed by atoms with Crippen LogP contribution in [0.1, 0.15) is 18.1 Å². The number of anilines is 1. The van der Waals surface area contributed by atoms with Crippen molar-refractivity contribution in [2.45, 2.75) is 25.9 Å². The number of aromatic amines is 1. The lowest BCUT2D eigenvalue weighted by Gasteiger charge is -2.32. The van der Waals surface area contributed by atoms with Gasteiger partial charge in [-0.25, -0.2) is 8.78 Å². The number of nitrogens with one attached hydrogen (secondary N) is 2. The highest BCUT2D eigenvalue weighted by Crippen LogP contribution is 2.19. The van der Waals surface area contributed by atoms with Crippen LogP contribution in [0.2, 0.25) is 0 Å². The first-order chi connectivity index (χ1) is 11.5. The third-order valence-electron chi connectivity index (χ3n) is 4.30. The summed E-state index contributed by atoms with van der Waals surface area (Å²) in [6.45, 7) is 2.73. The fourth-order valence-corrected chi connectivity index (χ4v) is 2.82. The summed E-state index contributed by atoms with van der Waals surface area (Å²) in [6.07, 6.45) is 2.30. The Kier molecular flexibility index (Phi) is 4.44. The number of pyridine rings is 1. The number of carbonyl (C=O) groups is 1. The summed E-state index contributed by atoms with van der Waals surface area (Å²) >= 11 is 0. The molecule has 2 aromatic rings. The predicted molar refractivity (Wildman–Crippen MR) is 85.6 cm³/mol. The molecule has 1 aliphatic heterocycles. The third-order valence-corrected chi connectivity index (χ3v) is 4.30. The molecule has 0 saturated carbocycles. The maximum atomic E-state index is 13.2. The molecule has 3 rings (SSSR count). The minimum Gasteiger partial charge on any atom is -0.329 e. The van der Waals surface area contributed by atoms with Crippen LogP contribution in [0.25, 0.3) is 0 Å². The second-order valence-corrected chi connectivity index (χ2v) is 5.83. The largest absolute Gasteiger partial charge is 0.329 e. The lowest BCUT2D eigenvalue weighted by Crippen LogP contribution is -2.45. The van der Waals surface area contributed by atoms with Gasteiger partial charge in [0, 0.05) is 36.6 Å². The molecule has 1 amide bonds. The molecule has 0 unspecified atom stereocenters. The first-order valence-electron chi connectivity index (χ1n) is 7.65. The molecule has 0 spiro atoms. The molecule has 5 nitrogen and oxygen atoms in total. The van der Waals surface area contributed by atoms with Crippen molar-refractivity contribution in [1.29, 1.82) is 0 Å². The number of hydrogen-bond acceptors (Lipinski definition) is 3. The smallest absolute Gasteiger partial charge is 0.252 e. The van der Waals surface area contributed by atoms with Gasteiger partial charge in [-0.2, -0.15) is 0 Å². The van der Waals surface area contributed by atoms with Gasteiger partial charge < -0.3 is 10.3 Å². The van der Waals surface area contributed by atoms with E-state index in [0.717, 1.165) is 17.7 Å². The Bertz CT molecular complexity index is 835. The summed E-state index contributed by atoms with van der Waals surface area (Å²) < 4.78 is 26.2. The van der Waals surface area contributed by atoms with Crippen molar-refractivity contribution in [2.24, 2.45) is 0 Å². The van der Waals surface area contributed by atoms with Crippen molar-refractivity contribution in [3.63, 3.8) is 0 Å². The zero-order chi connectivity index (χ0) is 17.3. The van der Waals surface area contributed by atoms with E-state index in [4.69, 9.17) is 0 Å². The summed E-state index contributed by atoms with van der Waals surface area (Å²) in [7, 11) is 0. The standard InChI is InChI=1S/C17H17F2N3O2/c1-10(16(23)21-12-2-3-14(18)15(19)8-12)22-7-5-11-4-6-20-17(24)13(11)9-22/h2-4,6,8,10H,5,7,9H2,1H3,(H,20,24)(H,21,23)/t10-/m1/s1. The summed E-state index contributed by atoms with van der Waals surface area (Å²) in [5.41, 5.74) is 1.70. The van der Waals surface area contributed by atoms with Gasteiger partial charge in [-0.1, -0.05) is 0 Å². The molecular formula is C17H17F2N3O2. The van der Waals surface area contributed by atoms with E-state index < -0.39 is 17.7 Å². The topological polar surface area (TPSA) is 65.2 Å². The first-order valence-corrected chi connectivity index (χ1v) is 7.65. The van der Waals surface area contributed by atoms with E-state index in [-0.39, 0.29) is 17.2 Å². The molecule has 0 saturated heterocycles. The van der Waals surface area contributed by atoms with Crippen molar-refractivity contribution in [2.75, 3.05) is 11.9 Å². The van der Waals surface area contributed by atoms with Crippen LogP contribution in [0.15, 0.2) is 35.3 Å². The molecule has 1 aliphatic rings. The van der Waals surface area contributed by atoms with Gasteiger partial charge in [0.1, 0.15) is 0 Å². The number of benzene rings is 1. The van der Waals surface area contributed by atoms with Gasteiger partial charge in [-0.15, -0.1) is 0 Å². The SMILES string of the molecule is C[C@H](C(=O)Nc1ccc(F)c(F)c1)N1CCc2cc[nH]c(=O)c2C1. The summed E-state index contributed by atoms with van der Waals surface area (Å²) in [4.78, 5) is 28.8. The van der Waals surface area contributed by atoms with E-state index in [0.29, 0.717) is 25.1 Å². The van der Waals surface area contributed by atoms with Crippen LogP contribution in [0.5, 0.6) is 0 Å². The van der Waals surface area contributed by atoms with Gasteiger partial charge in [-0.3, -0.25) is 14.5 Å². The van der Waals surface area contributed by atoms with E-state index in [1.807, 2.05) is 11.0 Å². The van der Waals surface area contributed by atoms with Gasteiger partial charge in [0.05, 0.1) is 6.04 Å². The van der Waals surface area contributed by atoms with E-state index in [1.54, 1.807) is 13.1 Å². The Morgan fingerprint density at radius 1 is 1.29 bits per heavy atom. The first kappa shape index (κ1) is 16.3. The molecule has 0 radical (unpaired) electrons. The second-order valence-electron chi connectivity index (χ2n) is 5.83. The normalized spacial score (nSPS) is 15.6. The van der Waals surface area contributed by atoms with Crippen LogP contribution in [-0.2, 0) is 17.8 Å². The fraction of sp³-hybridized carbons (Fsp3) is 0.294. The van der Waals surface area contributed by atoms with E-state index in [2.05, 4.69) is 10.3 Å². The molecule has 1 atom stereocenters. The number of rotatable bonds is 3.